The van der Waals surface area contributed by atoms with Crippen LogP contribution in [-0.2, 0) is 0 Å². The van der Waals surface area contributed by atoms with Crippen molar-refractivity contribution in [2.45, 2.75) is 25.8 Å². The molecular formula is C23H27N5O3. The summed E-state index contributed by atoms with van der Waals surface area (Å²) in [6.07, 6.45) is 2.12. The van der Waals surface area contributed by atoms with E-state index >= 15 is 0 Å². The zero-order valence-electron chi connectivity index (χ0n) is 17.7. The summed E-state index contributed by atoms with van der Waals surface area (Å²) in [6.45, 7) is 7.70. The van der Waals surface area contributed by atoms with E-state index < -0.39 is 0 Å². The van der Waals surface area contributed by atoms with Gasteiger partial charge in [0, 0.05) is 67.8 Å². The highest BCUT2D eigenvalue weighted by Crippen LogP contribution is 2.24. The van der Waals surface area contributed by atoms with Crippen LogP contribution in [0.4, 0.5) is 5.69 Å². The Hall–Kier alpha value is -3.13. The number of nitrogens with zero attached hydrogens (tertiary/aromatic N) is 5. The number of aromatic nitrogens is 2. The maximum atomic E-state index is 13.1. The molecule has 0 aliphatic carbocycles. The maximum absolute atomic E-state index is 13.1. The van der Waals surface area contributed by atoms with Crippen LogP contribution in [0.3, 0.4) is 0 Å². The molecule has 2 aliphatic heterocycles. The summed E-state index contributed by atoms with van der Waals surface area (Å²) in [7, 11) is 0. The Balaban J connectivity index is 1.23. The lowest BCUT2D eigenvalue weighted by atomic mass is 10.0. The van der Waals surface area contributed by atoms with E-state index in [1.54, 1.807) is 18.2 Å². The molecule has 0 bridgehead atoms. The minimum atomic E-state index is -0.00871. The van der Waals surface area contributed by atoms with Gasteiger partial charge in [-0.25, -0.2) is 0 Å². The fourth-order valence-electron chi connectivity index (χ4n) is 4.88. The van der Waals surface area contributed by atoms with Gasteiger partial charge < -0.3 is 15.0 Å². The quantitative estimate of drug-likeness (QED) is 0.603. The van der Waals surface area contributed by atoms with E-state index in [4.69, 9.17) is 0 Å². The van der Waals surface area contributed by atoms with Crippen molar-refractivity contribution in [3.63, 3.8) is 0 Å². The van der Waals surface area contributed by atoms with E-state index in [9.17, 15) is 10.0 Å². The molecular weight excluding hydrogens is 394 g/mol. The normalized spacial score (nSPS) is 20.4. The molecule has 0 unspecified atom stereocenters. The van der Waals surface area contributed by atoms with Gasteiger partial charge in [-0.2, -0.15) is 0 Å². The summed E-state index contributed by atoms with van der Waals surface area (Å²) < 4.78 is 4.62. The average molecular weight is 422 g/mol. The molecule has 0 N–H and O–H groups in total. The van der Waals surface area contributed by atoms with Crippen molar-refractivity contribution in [2.24, 2.45) is 0 Å². The Morgan fingerprint density at radius 3 is 2.74 bits per heavy atom. The lowest BCUT2D eigenvalue weighted by Gasteiger charge is -2.44. The summed E-state index contributed by atoms with van der Waals surface area (Å²) in [6, 6.07) is 13.9. The van der Waals surface area contributed by atoms with Gasteiger partial charge in [0.05, 0.1) is 0 Å². The van der Waals surface area contributed by atoms with Crippen LogP contribution in [0.15, 0.2) is 47.1 Å². The van der Waals surface area contributed by atoms with Crippen LogP contribution in [0, 0.1) is 12.1 Å². The third-order valence-electron chi connectivity index (χ3n) is 6.60. The first-order chi connectivity index (χ1) is 15.1. The predicted molar refractivity (Wildman–Crippen MR) is 117 cm³/mol. The number of hydrogen-bond donors (Lipinski definition) is 0. The molecule has 31 heavy (non-hydrogen) atoms. The Morgan fingerprint density at radius 1 is 1.13 bits per heavy atom. The lowest BCUT2D eigenvalue weighted by Crippen LogP contribution is -2.56. The second-order valence-electron chi connectivity index (χ2n) is 8.49. The molecule has 8 heteroatoms. The van der Waals surface area contributed by atoms with Gasteiger partial charge >= 0.3 is 0 Å². The molecule has 1 atom stereocenters. The molecule has 3 aromatic rings. The lowest BCUT2D eigenvalue weighted by molar-refractivity contribution is -0.782. The average Bonchev–Trinajstić information content (AvgIpc) is 3.19. The fraction of sp³-hybridized carbons (Fsp3) is 0.435. The molecule has 0 saturated carbocycles. The zero-order valence-corrected chi connectivity index (χ0v) is 17.7. The van der Waals surface area contributed by atoms with Crippen molar-refractivity contribution < 1.29 is 14.3 Å². The summed E-state index contributed by atoms with van der Waals surface area (Å²) in [5, 5.41) is 15.2. The molecule has 0 spiro atoms. The number of piperidine rings is 1. The number of likely N-dealkylation sites (tertiary alicyclic amines) is 1. The first-order valence-corrected chi connectivity index (χ1v) is 10.9. The van der Waals surface area contributed by atoms with Crippen molar-refractivity contribution >= 4 is 22.6 Å². The van der Waals surface area contributed by atoms with Crippen molar-refractivity contribution in [3.8, 4) is 0 Å². The van der Waals surface area contributed by atoms with E-state index in [0.29, 0.717) is 27.5 Å². The highest BCUT2D eigenvalue weighted by atomic mass is 16.8. The van der Waals surface area contributed by atoms with E-state index in [2.05, 4.69) is 50.8 Å². The number of amides is 1. The van der Waals surface area contributed by atoms with Crippen LogP contribution in [0.5, 0.6) is 0 Å². The number of anilines is 1. The second-order valence-corrected chi connectivity index (χ2v) is 8.49. The number of carbonyl (C=O) groups is 1. The molecule has 2 aliphatic rings. The summed E-state index contributed by atoms with van der Waals surface area (Å²) in [5.74, 6) is -0.00871. The van der Waals surface area contributed by atoms with E-state index in [1.807, 2.05) is 4.90 Å². The Bertz CT molecular complexity index is 1090. The maximum Gasteiger partial charge on any atom is 0.254 e. The second kappa shape index (κ2) is 8.19. The van der Waals surface area contributed by atoms with Crippen molar-refractivity contribution in [2.75, 3.05) is 44.2 Å². The van der Waals surface area contributed by atoms with E-state index in [0.717, 1.165) is 52.1 Å². The summed E-state index contributed by atoms with van der Waals surface area (Å²) in [5.41, 5.74) is 3.93. The highest BCUT2D eigenvalue weighted by molar-refractivity contribution is 5.97. The highest BCUT2D eigenvalue weighted by Gasteiger charge is 2.31. The molecule has 1 aromatic heterocycles. The molecule has 8 nitrogen and oxygen atoms in total. The minimum absolute atomic E-state index is 0.00871. The van der Waals surface area contributed by atoms with E-state index in [1.165, 1.54) is 11.3 Å². The molecule has 2 aromatic carbocycles. The largest absolute Gasteiger partial charge is 0.369 e. The van der Waals surface area contributed by atoms with Gasteiger partial charge in [0.2, 0.25) is 11.0 Å². The van der Waals surface area contributed by atoms with Crippen molar-refractivity contribution in [1.82, 2.24) is 15.0 Å². The van der Waals surface area contributed by atoms with Gasteiger partial charge in [-0.1, -0.05) is 18.2 Å². The van der Waals surface area contributed by atoms with Gasteiger partial charge in [-0.3, -0.25) is 14.3 Å². The number of rotatable bonds is 3. The van der Waals surface area contributed by atoms with E-state index in [-0.39, 0.29) is 5.91 Å². The summed E-state index contributed by atoms with van der Waals surface area (Å²) >= 11 is 0. The Labute approximate surface area is 181 Å². The van der Waals surface area contributed by atoms with Gasteiger partial charge in [0.25, 0.3) is 5.91 Å². The molecule has 0 radical (unpaired) electrons. The minimum Gasteiger partial charge on any atom is -0.369 e. The number of carbonyl (C=O) groups excluding carboxylic acids is 1. The van der Waals surface area contributed by atoms with Crippen LogP contribution in [0.1, 0.15) is 28.8 Å². The molecule has 5 rings (SSSR count). The number of hydrogen-bond acceptors (Lipinski definition) is 6. The fourth-order valence-corrected chi connectivity index (χ4v) is 4.88. The number of para-hydroxylation sites is 1. The number of piperazine rings is 1. The van der Waals surface area contributed by atoms with Gasteiger partial charge in [0.1, 0.15) is 0 Å². The Kier molecular flexibility index (Phi) is 5.23. The molecule has 162 valence electrons. The van der Waals surface area contributed by atoms with Crippen LogP contribution in [0.2, 0.25) is 0 Å². The zero-order chi connectivity index (χ0) is 21.4. The topological polar surface area (TPSA) is 79.8 Å². The number of aryl methyl sites for hydroxylation is 1. The van der Waals surface area contributed by atoms with Gasteiger partial charge in [-0.05, 0) is 48.4 Å². The first kappa shape index (κ1) is 19.8. The van der Waals surface area contributed by atoms with Crippen LogP contribution < -0.4 is 9.80 Å². The van der Waals surface area contributed by atoms with Gasteiger partial charge in [0.15, 0.2) is 0 Å². The van der Waals surface area contributed by atoms with Crippen molar-refractivity contribution in [1.29, 1.82) is 0 Å². The third-order valence-corrected chi connectivity index (χ3v) is 6.60. The van der Waals surface area contributed by atoms with Gasteiger partial charge in [-0.15, -0.1) is 0 Å². The van der Waals surface area contributed by atoms with Crippen molar-refractivity contribution in [3.05, 3.63) is 58.8 Å². The predicted octanol–water partition coefficient (Wildman–Crippen LogP) is 2.20. The number of fused-ring (bicyclic) bond motifs is 1. The monoisotopic (exact) mass is 421 g/mol. The molecule has 2 saturated heterocycles. The molecule has 1 amide bonds. The molecule has 2 fully saturated rings. The van der Waals surface area contributed by atoms with Crippen LogP contribution >= 0.6 is 0 Å². The SMILES string of the molecule is Cc1ccccc1N1CCN([C@@H]2CCCN(C(=O)c3ccc4c(c3)no[n+]4[O-])C2)CC1. The first-order valence-electron chi connectivity index (χ1n) is 10.9. The smallest absolute Gasteiger partial charge is 0.254 e. The number of benzene rings is 2. The Morgan fingerprint density at radius 2 is 1.94 bits per heavy atom. The molecule has 3 heterocycles. The summed E-state index contributed by atoms with van der Waals surface area (Å²) in [4.78, 5) is 20.4. The third kappa shape index (κ3) is 3.83. The van der Waals surface area contributed by atoms with Crippen LogP contribution in [0.25, 0.3) is 11.0 Å². The standard InChI is InChI=1S/C23H27N5O3/c1-17-5-2-3-7-21(17)26-13-11-25(12-14-26)19-6-4-10-27(16-19)23(29)18-8-9-22-20(15-18)24-31-28(22)30/h2-3,5,7-9,15,19H,4,6,10-14,16H2,1H3/t19-/m1/s1. The van der Waals surface area contributed by atoms with Crippen LogP contribution in [-0.4, -0.2) is 66.2 Å².